The van der Waals surface area contributed by atoms with Gasteiger partial charge >= 0.3 is 0 Å². The smallest absolute Gasteiger partial charge is 0.251 e. The third-order valence-corrected chi connectivity index (χ3v) is 7.32. The summed E-state index contributed by atoms with van der Waals surface area (Å²) in [6.07, 6.45) is 3.26. The van der Waals surface area contributed by atoms with E-state index in [1.165, 1.54) is 22.2 Å². The molecule has 7 nitrogen and oxygen atoms in total. The van der Waals surface area contributed by atoms with Crippen LogP contribution in [0, 0.1) is 0 Å². The fourth-order valence-electron chi connectivity index (χ4n) is 4.56. The summed E-state index contributed by atoms with van der Waals surface area (Å²) in [7, 11) is 1.70. The quantitative estimate of drug-likeness (QED) is 0.421. The van der Waals surface area contributed by atoms with Crippen molar-refractivity contribution in [1.82, 2.24) is 4.37 Å². The molecule has 182 valence electrons. The number of amides is 1. The van der Waals surface area contributed by atoms with Crippen LogP contribution in [-0.4, -0.2) is 50.2 Å². The van der Waals surface area contributed by atoms with Gasteiger partial charge in [-0.3, -0.25) is 9.63 Å². The number of benzene rings is 2. The van der Waals surface area contributed by atoms with Gasteiger partial charge in [-0.25, -0.2) is 0 Å². The van der Waals surface area contributed by atoms with Gasteiger partial charge in [0.05, 0.1) is 24.1 Å². The Bertz CT molecular complexity index is 1150. The number of carbonyl (C=O) groups is 1. The lowest BCUT2D eigenvalue weighted by Crippen LogP contribution is -2.46. The van der Waals surface area contributed by atoms with Crippen LogP contribution < -0.4 is 19.6 Å². The van der Waals surface area contributed by atoms with E-state index >= 15 is 0 Å². The molecule has 1 saturated heterocycles. The van der Waals surface area contributed by atoms with Gasteiger partial charge < -0.3 is 14.5 Å². The number of piperazine rings is 1. The molecule has 1 amide bonds. The molecule has 1 aromatic heterocycles. The van der Waals surface area contributed by atoms with E-state index < -0.39 is 0 Å². The summed E-state index contributed by atoms with van der Waals surface area (Å²) >= 11 is 1.50. The molecule has 0 aliphatic carbocycles. The van der Waals surface area contributed by atoms with Gasteiger partial charge in [0, 0.05) is 43.7 Å². The van der Waals surface area contributed by atoms with Crippen molar-refractivity contribution < 1.29 is 14.4 Å². The number of hydroxylamine groups is 1. The van der Waals surface area contributed by atoms with Crippen molar-refractivity contribution in [3.05, 3.63) is 42.0 Å². The standard InChI is InChI=1S/C25H30N4O3S.ClH/c1-3-4-16-32-29-21-17-19(10-8-18(21)9-11-23(29)30)27-12-14-28(15-13-27)25-20-6-5-7-22(31-2)24(20)33-26-25;/h5-8,10,17H,3-4,9,11-16H2,1-2H3;1H. The molecule has 0 spiro atoms. The minimum Gasteiger partial charge on any atom is -0.495 e. The lowest BCUT2D eigenvalue weighted by molar-refractivity contribution is -0.126. The van der Waals surface area contributed by atoms with Gasteiger partial charge in [-0.15, -0.1) is 12.4 Å². The summed E-state index contributed by atoms with van der Waals surface area (Å²) in [6.45, 7) is 6.26. The number of fused-ring (bicyclic) bond motifs is 2. The summed E-state index contributed by atoms with van der Waals surface area (Å²) in [6, 6.07) is 12.6. The van der Waals surface area contributed by atoms with Crippen molar-refractivity contribution in [2.24, 2.45) is 0 Å². The number of nitrogens with zero attached hydrogens (tertiary/aromatic N) is 4. The Morgan fingerprint density at radius 3 is 2.62 bits per heavy atom. The number of rotatable bonds is 7. The van der Waals surface area contributed by atoms with Crippen LogP contribution in [0.25, 0.3) is 10.1 Å². The fourth-order valence-corrected chi connectivity index (χ4v) is 5.45. The van der Waals surface area contributed by atoms with E-state index in [0.717, 1.165) is 78.5 Å². The highest BCUT2D eigenvalue weighted by Gasteiger charge is 2.27. The van der Waals surface area contributed by atoms with Crippen molar-refractivity contribution in [3.63, 3.8) is 0 Å². The molecule has 0 radical (unpaired) electrons. The average Bonchev–Trinajstić information content (AvgIpc) is 3.30. The van der Waals surface area contributed by atoms with Gasteiger partial charge in [-0.05, 0) is 54.2 Å². The van der Waals surface area contributed by atoms with Crippen LogP contribution in [0.15, 0.2) is 36.4 Å². The number of unbranched alkanes of at least 4 members (excludes halogenated alkanes) is 1. The summed E-state index contributed by atoms with van der Waals surface area (Å²) in [5.41, 5.74) is 3.22. The molecule has 5 rings (SSSR count). The Morgan fingerprint density at radius 2 is 1.85 bits per heavy atom. The van der Waals surface area contributed by atoms with Gasteiger partial charge in [0.25, 0.3) is 5.91 Å². The van der Waals surface area contributed by atoms with E-state index in [1.807, 2.05) is 12.1 Å². The SMILES string of the molecule is CCCCON1C(=O)CCc2ccc(N3CCN(c4nsc5c(OC)cccc45)CC3)cc21.Cl. The molecule has 9 heteroatoms. The summed E-state index contributed by atoms with van der Waals surface area (Å²) < 4.78 is 11.3. The van der Waals surface area contributed by atoms with Crippen LogP contribution in [0.4, 0.5) is 17.2 Å². The molecule has 34 heavy (non-hydrogen) atoms. The summed E-state index contributed by atoms with van der Waals surface area (Å²) in [5.74, 6) is 1.97. The van der Waals surface area contributed by atoms with Crippen molar-refractivity contribution in [3.8, 4) is 5.75 Å². The number of anilines is 3. The van der Waals surface area contributed by atoms with Gasteiger partial charge in [0.15, 0.2) is 0 Å². The second-order valence-corrected chi connectivity index (χ2v) is 9.28. The molecular formula is C25H31ClN4O3S. The zero-order chi connectivity index (χ0) is 22.8. The molecule has 0 saturated carbocycles. The number of hydrogen-bond acceptors (Lipinski definition) is 7. The number of hydrogen-bond donors (Lipinski definition) is 0. The molecule has 2 aliphatic heterocycles. The van der Waals surface area contributed by atoms with E-state index in [0.29, 0.717) is 13.0 Å². The molecule has 1 fully saturated rings. The number of halogens is 1. The van der Waals surface area contributed by atoms with Gasteiger partial charge in [-0.1, -0.05) is 25.5 Å². The minimum absolute atomic E-state index is 0. The monoisotopic (exact) mass is 502 g/mol. The largest absolute Gasteiger partial charge is 0.495 e. The molecule has 0 atom stereocenters. The molecule has 2 aromatic carbocycles. The molecular weight excluding hydrogens is 472 g/mol. The molecule has 3 heterocycles. The molecule has 2 aliphatic rings. The Morgan fingerprint density at radius 1 is 1.06 bits per heavy atom. The van der Waals surface area contributed by atoms with E-state index in [1.54, 1.807) is 7.11 Å². The second kappa shape index (κ2) is 10.8. The first-order valence-electron chi connectivity index (χ1n) is 11.7. The Kier molecular flexibility index (Phi) is 7.80. The topological polar surface area (TPSA) is 58.1 Å². The molecule has 0 unspecified atom stereocenters. The number of aromatic nitrogens is 1. The Balaban J connectivity index is 0.00000274. The van der Waals surface area contributed by atoms with Crippen LogP contribution in [-0.2, 0) is 16.1 Å². The van der Waals surface area contributed by atoms with E-state index in [-0.39, 0.29) is 18.3 Å². The predicted molar refractivity (Wildman–Crippen MR) is 141 cm³/mol. The lowest BCUT2D eigenvalue weighted by Gasteiger charge is -2.37. The molecule has 3 aromatic rings. The molecule has 0 N–H and O–H groups in total. The predicted octanol–water partition coefficient (Wildman–Crippen LogP) is 5.06. The highest BCUT2D eigenvalue weighted by atomic mass is 35.5. The molecule has 0 bridgehead atoms. The Labute approximate surface area is 210 Å². The van der Waals surface area contributed by atoms with Crippen LogP contribution in [0.2, 0.25) is 0 Å². The van der Waals surface area contributed by atoms with Crippen molar-refractivity contribution in [2.45, 2.75) is 32.6 Å². The van der Waals surface area contributed by atoms with Crippen LogP contribution in [0.3, 0.4) is 0 Å². The average molecular weight is 503 g/mol. The van der Waals surface area contributed by atoms with Gasteiger partial charge in [0.1, 0.15) is 11.6 Å². The Hall–Kier alpha value is -2.55. The maximum absolute atomic E-state index is 12.5. The number of methoxy groups -OCH3 is 1. The fraction of sp³-hybridized carbons (Fsp3) is 0.440. The third kappa shape index (κ3) is 4.67. The highest BCUT2D eigenvalue weighted by Crippen LogP contribution is 2.37. The van der Waals surface area contributed by atoms with Crippen molar-refractivity contribution >= 4 is 57.1 Å². The summed E-state index contributed by atoms with van der Waals surface area (Å²) in [5, 5.41) is 2.68. The van der Waals surface area contributed by atoms with Crippen LogP contribution in [0.1, 0.15) is 31.7 Å². The van der Waals surface area contributed by atoms with Crippen LogP contribution >= 0.6 is 23.9 Å². The first kappa shape index (κ1) is 24.6. The lowest BCUT2D eigenvalue weighted by atomic mass is 10.0. The van der Waals surface area contributed by atoms with E-state index in [4.69, 9.17) is 13.9 Å². The van der Waals surface area contributed by atoms with E-state index in [2.05, 4.69) is 41.0 Å². The summed E-state index contributed by atoms with van der Waals surface area (Å²) in [4.78, 5) is 23.1. The van der Waals surface area contributed by atoms with Crippen LogP contribution in [0.5, 0.6) is 5.75 Å². The first-order chi connectivity index (χ1) is 16.2. The zero-order valence-corrected chi connectivity index (χ0v) is 21.3. The first-order valence-corrected chi connectivity index (χ1v) is 12.5. The maximum Gasteiger partial charge on any atom is 0.251 e. The second-order valence-electron chi connectivity index (χ2n) is 8.51. The zero-order valence-electron chi connectivity index (χ0n) is 19.7. The normalized spacial score (nSPS) is 15.9. The van der Waals surface area contributed by atoms with Crippen molar-refractivity contribution in [2.75, 3.05) is 54.8 Å². The number of aryl methyl sites for hydroxylation is 1. The number of carbonyl (C=O) groups excluding carboxylic acids is 1. The van der Waals surface area contributed by atoms with Crippen molar-refractivity contribution in [1.29, 1.82) is 0 Å². The van der Waals surface area contributed by atoms with E-state index in [9.17, 15) is 4.79 Å². The number of ether oxygens (including phenoxy) is 1. The van der Waals surface area contributed by atoms with Gasteiger partial charge in [-0.2, -0.15) is 9.44 Å². The van der Waals surface area contributed by atoms with Gasteiger partial charge in [0.2, 0.25) is 0 Å². The third-order valence-electron chi connectivity index (χ3n) is 6.45. The maximum atomic E-state index is 12.5. The highest BCUT2D eigenvalue weighted by molar-refractivity contribution is 7.14. The minimum atomic E-state index is 0.